The van der Waals surface area contributed by atoms with Crippen LogP contribution in [0.3, 0.4) is 0 Å². The van der Waals surface area contributed by atoms with Gasteiger partial charge in [0.05, 0.1) is 10.5 Å². The topological polar surface area (TPSA) is 101 Å². The van der Waals surface area contributed by atoms with Gasteiger partial charge in [0.2, 0.25) is 10.0 Å². The third-order valence-corrected chi connectivity index (χ3v) is 6.04. The first-order chi connectivity index (χ1) is 11.3. The summed E-state index contributed by atoms with van der Waals surface area (Å²) in [5.41, 5.74) is -0.460. The summed E-state index contributed by atoms with van der Waals surface area (Å²) in [5.74, 6) is 0. The normalized spacial score (nSPS) is 16.4. The van der Waals surface area contributed by atoms with Gasteiger partial charge in [0.1, 0.15) is 0 Å². The maximum Gasteiger partial charge on any atom is 0.289 e. The number of hydrogen-bond donors (Lipinski definition) is 2. The molecule has 0 spiro atoms. The first-order valence-electron chi connectivity index (χ1n) is 7.08. The van der Waals surface area contributed by atoms with Gasteiger partial charge in [-0.15, -0.1) is 0 Å². The lowest BCUT2D eigenvalue weighted by molar-refractivity contribution is -0.387. The fourth-order valence-corrected chi connectivity index (χ4v) is 4.45. The van der Waals surface area contributed by atoms with Crippen LogP contribution in [0, 0.1) is 10.1 Å². The van der Waals surface area contributed by atoms with Crippen molar-refractivity contribution in [2.75, 3.05) is 13.1 Å². The van der Waals surface area contributed by atoms with Crippen molar-refractivity contribution < 1.29 is 13.3 Å². The molecule has 2 aromatic rings. The molecule has 7 nitrogen and oxygen atoms in total. The Labute approximate surface area is 147 Å². The minimum Gasteiger partial charge on any atom is -0.312 e. The van der Waals surface area contributed by atoms with Crippen LogP contribution in [0.1, 0.15) is 5.56 Å². The number of para-hydroxylation sites is 1. The maximum absolute atomic E-state index is 12.8. The molecule has 1 aliphatic heterocycles. The van der Waals surface area contributed by atoms with Crippen molar-refractivity contribution in [2.24, 2.45) is 0 Å². The van der Waals surface area contributed by atoms with Gasteiger partial charge in [-0.3, -0.25) is 10.1 Å². The molecule has 0 saturated carbocycles. The smallest absolute Gasteiger partial charge is 0.289 e. The highest BCUT2D eigenvalue weighted by Crippen LogP contribution is 2.31. The van der Waals surface area contributed by atoms with Crippen LogP contribution < -0.4 is 10.0 Å². The van der Waals surface area contributed by atoms with Crippen LogP contribution >= 0.6 is 15.9 Å². The first kappa shape index (κ1) is 17.0. The van der Waals surface area contributed by atoms with Gasteiger partial charge in [-0.1, -0.05) is 40.2 Å². The van der Waals surface area contributed by atoms with Gasteiger partial charge in [0.15, 0.2) is 4.90 Å². The van der Waals surface area contributed by atoms with Crippen molar-refractivity contribution in [3.05, 3.63) is 68.7 Å². The third kappa shape index (κ3) is 3.07. The molecule has 0 unspecified atom stereocenters. The number of nitrogens with zero attached hydrogens (tertiary/aromatic N) is 1. The SMILES string of the molecule is O=[N+]([O-])c1ccccc1S(=O)(=O)NC1(c2ccc(Br)cc2)CNC1. The van der Waals surface area contributed by atoms with E-state index >= 15 is 0 Å². The van der Waals surface area contributed by atoms with Crippen LogP contribution in [0.25, 0.3) is 0 Å². The highest BCUT2D eigenvalue weighted by atomic mass is 79.9. The van der Waals surface area contributed by atoms with Crippen molar-refractivity contribution >= 4 is 31.6 Å². The zero-order chi connectivity index (χ0) is 17.4. The molecular formula is C15H14BrN3O4S. The highest BCUT2D eigenvalue weighted by molar-refractivity contribution is 9.10. The molecule has 1 aliphatic rings. The Morgan fingerprint density at radius 2 is 1.75 bits per heavy atom. The van der Waals surface area contributed by atoms with E-state index < -0.39 is 26.2 Å². The quantitative estimate of drug-likeness (QED) is 0.579. The van der Waals surface area contributed by atoms with E-state index in [9.17, 15) is 18.5 Å². The van der Waals surface area contributed by atoms with Gasteiger partial charge in [0.25, 0.3) is 5.69 Å². The van der Waals surface area contributed by atoms with Crippen molar-refractivity contribution in [1.29, 1.82) is 0 Å². The molecule has 3 rings (SSSR count). The Bertz CT molecular complexity index is 880. The summed E-state index contributed by atoms with van der Waals surface area (Å²) in [4.78, 5) is 10.1. The second-order valence-electron chi connectivity index (χ2n) is 5.52. The molecule has 0 radical (unpaired) electrons. The Morgan fingerprint density at radius 1 is 1.12 bits per heavy atom. The molecule has 1 fully saturated rings. The van der Waals surface area contributed by atoms with Crippen molar-refractivity contribution in [3.63, 3.8) is 0 Å². The average molecular weight is 412 g/mol. The predicted molar refractivity (Wildman–Crippen MR) is 92.1 cm³/mol. The minimum atomic E-state index is -4.06. The molecular weight excluding hydrogens is 398 g/mol. The molecule has 0 aromatic heterocycles. The summed E-state index contributed by atoms with van der Waals surface area (Å²) in [6, 6.07) is 12.6. The van der Waals surface area contributed by atoms with Gasteiger partial charge < -0.3 is 5.32 Å². The predicted octanol–water partition coefficient (Wildman–Crippen LogP) is 2.13. The zero-order valence-corrected chi connectivity index (χ0v) is 14.8. The monoisotopic (exact) mass is 411 g/mol. The van der Waals surface area contributed by atoms with Crippen LogP contribution in [0.5, 0.6) is 0 Å². The van der Waals surface area contributed by atoms with Crippen molar-refractivity contribution in [3.8, 4) is 0 Å². The van der Waals surface area contributed by atoms with Gasteiger partial charge in [-0.25, -0.2) is 8.42 Å². The Hall–Kier alpha value is -1.81. The van der Waals surface area contributed by atoms with E-state index in [1.807, 2.05) is 24.3 Å². The van der Waals surface area contributed by atoms with E-state index in [0.29, 0.717) is 13.1 Å². The van der Waals surface area contributed by atoms with E-state index in [4.69, 9.17) is 0 Å². The molecule has 126 valence electrons. The second kappa shape index (κ2) is 6.25. The van der Waals surface area contributed by atoms with Crippen LogP contribution in [0.2, 0.25) is 0 Å². The van der Waals surface area contributed by atoms with Gasteiger partial charge in [-0.05, 0) is 23.8 Å². The number of nitro groups is 1. The summed E-state index contributed by atoms with van der Waals surface area (Å²) in [7, 11) is -4.06. The molecule has 1 heterocycles. The number of halogens is 1. The number of benzene rings is 2. The largest absolute Gasteiger partial charge is 0.312 e. The Morgan fingerprint density at radius 3 is 2.29 bits per heavy atom. The molecule has 0 bridgehead atoms. The van der Waals surface area contributed by atoms with Gasteiger partial charge in [-0.2, -0.15) is 4.72 Å². The lowest BCUT2D eigenvalue weighted by Crippen LogP contribution is -2.66. The lowest BCUT2D eigenvalue weighted by atomic mass is 9.85. The molecule has 2 N–H and O–H groups in total. The number of hydrogen-bond acceptors (Lipinski definition) is 5. The highest BCUT2D eigenvalue weighted by Gasteiger charge is 2.43. The molecule has 9 heteroatoms. The molecule has 0 aliphatic carbocycles. The van der Waals surface area contributed by atoms with Gasteiger partial charge in [0, 0.05) is 23.6 Å². The van der Waals surface area contributed by atoms with E-state index in [1.165, 1.54) is 24.3 Å². The Kier molecular flexibility index (Phi) is 4.43. The average Bonchev–Trinajstić information content (AvgIpc) is 2.52. The van der Waals surface area contributed by atoms with E-state index in [-0.39, 0.29) is 4.90 Å². The van der Waals surface area contributed by atoms with Crippen LogP contribution in [-0.2, 0) is 15.6 Å². The summed E-state index contributed by atoms with van der Waals surface area (Å²) in [6.45, 7) is 0.822. The van der Waals surface area contributed by atoms with Crippen LogP contribution in [-0.4, -0.2) is 26.4 Å². The zero-order valence-electron chi connectivity index (χ0n) is 12.4. The van der Waals surface area contributed by atoms with Crippen molar-refractivity contribution in [1.82, 2.24) is 10.0 Å². The fraction of sp³-hybridized carbons (Fsp3) is 0.200. The van der Waals surface area contributed by atoms with Crippen molar-refractivity contribution in [2.45, 2.75) is 10.4 Å². The standard InChI is InChI=1S/C15H14BrN3O4S/c16-12-7-5-11(6-8-12)15(9-17-10-15)18-24(22,23)14-4-2-1-3-13(14)19(20)21/h1-8,17-18H,9-10H2. The molecule has 0 amide bonds. The minimum absolute atomic E-state index is 0.335. The van der Waals surface area contributed by atoms with E-state index in [0.717, 1.165) is 10.0 Å². The van der Waals surface area contributed by atoms with Crippen LogP contribution in [0.4, 0.5) is 5.69 Å². The summed E-state index contributed by atoms with van der Waals surface area (Å²) >= 11 is 3.35. The second-order valence-corrected chi connectivity index (χ2v) is 8.09. The lowest BCUT2D eigenvalue weighted by Gasteiger charge is -2.43. The van der Waals surface area contributed by atoms with Gasteiger partial charge >= 0.3 is 0 Å². The summed E-state index contributed by atoms with van der Waals surface area (Å²) < 4.78 is 29.0. The van der Waals surface area contributed by atoms with E-state index in [2.05, 4.69) is 26.0 Å². The number of rotatable bonds is 5. The molecule has 24 heavy (non-hydrogen) atoms. The molecule has 0 atom stereocenters. The number of nitro benzene ring substituents is 1. The molecule has 1 saturated heterocycles. The number of nitrogens with one attached hydrogen (secondary N) is 2. The summed E-state index contributed by atoms with van der Waals surface area (Å²) in [6.07, 6.45) is 0. The fourth-order valence-electron chi connectivity index (χ4n) is 2.63. The summed E-state index contributed by atoms with van der Waals surface area (Å²) in [5, 5.41) is 14.2. The first-order valence-corrected chi connectivity index (χ1v) is 9.36. The van der Waals surface area contributed by atoms with Crippen LogP contribution in [0.15, 0.2) is 57.9 Å². The van der Waals surface area contributed by atoms with E-state index in [1.54, 1.807) is 0 Å². The number of sulfonamides is 1. The Balaban J connectivity index is 1.99. The molecule has 2 aromatic carbocycles. The maximum atomic E-state index is 12.8. The third-order valence-electron chi connectivity index (χ3n) is 3.93.